The Hall–Kier alpha value is -1.53. The van der Waals surface area contributed by atoms with Crippen molar-refractivity contribution in [1.82, 2.24) is 9.55 Å². The second-order valence-corrected chi connectivity index (χ2v) is 3.12. The number of aromatic nitrogens is 2. The van der Waals surface area contributed by atoms with E-state index in [1.54, 1.807) is 12.4 Å². The van der Waals surface area contributed by atoms with E-state index >= 15 is 0 Å². The molecule has 0 spiro atoms. The van der Waals surface area contributed by atoms with Gasteiger partial charge in [-0.2, -0.15) is 5.26 Å². The summed E-state index contributed by atoms with van der Waals surface area (Å²) in [5.74, 6) is 0. The van der Waals surface area contributed by atoms with E-state index in [2.05, 4.69) is 11.1 Å². The fourth-order valence-electron chi connectivity index (χ4n) is 1.38. The van der Waals surface area contributed by atoms with Crippen LogP contribution in [0.2, 0.25) is 5.15 Å². The van der Waals surface area contributed by atoms with Crippen LogP contribution in [-0.2, 0) is 7.05 Å². The van der Waals surface area contributed by atoms with Gasteiger partial charge in [-0.25, -0.2) is 4.98 Å². The highest BCUT2D eigenvalue weighted by atomic mass is 35.5. The number of pyridine rings is 1. The van der Waals surface area contributed by atoms with E-state index < -0.39 is 0 Å². The average molecular weight is 192 g/mol. The monoisotopic (exact) mass is 191 g/mol. The Morgan fingerprint density at radius 1 is 1.62 bits per heavy atom. The van der Waals surface area contributed by atoms with Gasteiger partial charge in [0.15, 0.2) is 0 Å². The van der Waals surface area contributed by atoms with Gasteiger partial charge in [0.1, 0.15) is 11.2 Å². The lowest BCUT2D eigenvalue weighted by molar-refractivity contribution is 0.966. The molecule has 0 aliphatic rings. The summed E-state index contributed by atoms with van der Waals surface area (Å²) in [4.78, 5) is 3.93. The Bertz CT molecular complexity index is 507. The van der Waals surface area contributed by atoms with Crippen LogP contribution in [0.3, 0.4) is 0 Å². The van der Waals surface area contributed by atoms with Gasteiger partial charge in [-0.05, 0) is 6.07 Å². The molecule has 0 aliphatic heterocycles. The minimum atomic E-state index is 0.384. The van der Waals surface area contributed by atoms with Crippen LogP contribution >= 0.6 is 11.6 Å². The molecule has 2 aromatic heterocycles. The highest BCUT2D eigenvalue weighted by Gasteiger charge is 2.09. The first-order valence-corrected chi connectivity index (χ1v) is 4.11. The van der Waals surface area contributed by atoms with Gasteiger partial charge in [0.2, 0.25) is 0 Å². The molecule has 13 heavy (non-hydrogen) atoms. The van der Waals surface area contributed by atoms with E-state index in [4.69, 9.17) is 16.9 Å². The maximum Gasteiger partial charge on any atom is 0.139 e. The van der Waals surface area contributed by atoms with E-state index in [0.29, 0.717) is 10.7 Å². The van der Waals surface area contributed by atoms with Crippen molar-refractivity contribution in [3.8, 4) is 6.07 Å². The summed E-state index contributed by atoms with van der Waals surface area (Å²) >= 11 is 5.88. The summed E-state index contributed by atoms with van der Waals surface area (Å²) in [6, 6.07) is 3.92. The Morgan fingerprint density at radius 3 is 3.08 bits per heavy atom. The first-order chi connectivity index (χ1) is 6.24. The number of hydrogen-bond donors (Lipinski definition) is 0. The van der Waals surface area contributed by atoms with E-state index in [9.17, 15) is 0 Å². The summed E-state index contributed by atoms with van der Waals surface area (Å²) in [6.45, 7) is 0. The molecule has 0 unspecified atom stereocenters. The third-order valence-electron chi connectivity index (χ3n) is 1.98. The molecule has 0 radical (unpaired) electrons. The zero-order valence-corrected chi connectivity index (χ0v) is 7.71. The summed E-state index contributed by atoms with van der Waals surface area (Å²) < 4.78 is 1.86. The Morgan fingerprint density at radius 2 is 2.38 bits per heavy atom. The molecule has 3 nitrogen and oxygen atoms in total. The van der Waals surface area contributed by atoms with Crippen LogP contribution in [0.4, 0.5) is 0 Å². The van der Waals surface area contributed by atoms with Crippen LogP contribution in [0.1, 0.15) is 5.56 Å². The van der Waals surface area contributed by atoms with Gasteiger partial charge in [0, 0.05) is 19.4 Å². The van der Waals surface area contributed by atoms with E-state index in [0.717, 1.165) is 10.9 Å². The van der Waals surface area contributed by atoms with Crippen molar-refractivity contribution in [1.29, 1.82) is 5.26 Å². The molecule has 2 aromatic rings. The maximum atomic E-state index is 8.82. The fourth-order valence-corrected chi connectivity index (χ4v) is 1.64. The van der Waals surface area contributed by atoms with Gasteiger partial charge in [0.25, 0.3) is 0 Å². The number of rotatable bonds is 0. The smallest absolute Gasteiger partial charge is 0.139 e. The summed E-state index contributed by atoms with van der Waals surface area (Å²) in [7, 11) is 1.87. The summed E-state index contributed by atoms with van der Waals surface area (Å²) in [6.07, 6.45) is 3.38. The van der Waals surface area contributed by atoms with Gasteiger partial charge < -0.3 is 4.57 Å². The molecule has 0 N–H and O–H groups in total. The molecule has 0 amide bonds. The number of halogens is 1. The predicted molar refractivity (Wildman–Crippen MR) is 50.4 cm³/mol. The maximum absolute atomic E-state index is 8.82. The molecule has 0 aromatic carbocycles. The van der Waals surface area contributed by atoms with Crippen molar-refractivity contribution in [2.45, 2.75) is 0 Å². The third-order valence-corrected chi connectivity index (χ3v) is 2.26. The predicted octanol–water partition coefficient (Wildman–Crippen LogP) is 2.10. The molecule has 0 saturated heterocycles. The Kier molecular flexibility index (Phi) is 1.71. The van der Waals surface area contributed by atoms with Crippen molar-refractivity contribution in [3.63, 3.8) is 0 Å². The molecule has 0 saturated carbocycles. The quantitative estimate of drug-likeness (QED) is 0.599. The van der Waals surface area contributed by atoms with E-state index in [1.165, 1.54) is 0 Å². The molecule has 0 atom stereocenters. The minimum absolute atomic E-state index is 0.384. The fraction of sp³-hybridized carbons (Fsp3) is 0.111. The van der Waals surface area contributed by atoms with E-state index in [1.807, 2.05) is 17.7 Å². The standard InChI is InChI=1S/C9H6ClN3/c1-13-5-6(4-11)8-7(13)2-3-12-9(8)10/h2-3,5H,1H3. The lowest BCUT2D eigenvalue weighted by Crippen LogP contribution is -1.83. The number of nitrogens with zero attached hydrogens (tertiary/aromatic N) is 3. The summed E-state index contributed by atoms with van der Waals surface area (Å²) in [5.41, 5.74) is 1.49. The van der Waals surface area contributed by atoms with Crippen molar-refractivity contribution < 1.29 is 0 Å². The van der Waals surface area contributed by atoms with Crippen molar-refractivity contribution in [3.05, 3.63) is 29.2 Å². The number of fused-ring (bicyclic) bond motifs is 1. The lowest BCUT2D eigenvalue weighted by Gasteiger charge is -1.95. The molecular formula is C9H6ClN3. The normalized spacial score (nSPS) is 10.2. The van der Waals surface area contributed by atoms with Gasteiger partial charge in [-0.3, -0.25) is 0 Å². The largest absolute Gasteiger partial charge is 0.349 e. The zero-order chi connectivity index (χ0) is 9.42. The van der Waals surface area contributed by atoms with Gasteiger partial charge in [-0.1, -0.05) is 11.6 Å². The van der Waals surface area contributed by atoms with Crippen LogP contribution < -0.4 is 0 Å². The highest BCUT2D eigenvalue weighted by molar-refractivity contribution is 6.34. The summed E-state index contributed by atoms with van der Waals surface area (Å²) in [5, 5.41) is 9.94. The first kappa shape index (κ1) is 8.09. The van der Waals surface area contributed by atoms with Crippen LogP contribution in [0, 0.1) is 11.3 Å². The minimum Gasteiger partial charge on any atom is -0.349 e. The average Bonchev–Trinajstić information content (AvgIpc) is 2.45. The van der Waals surface area contributed by atoms with Crippen LogP contribution in [0.25, 0.3) is 10.9 Å². The Balaban J connectivity index is 2.99. The van der Waals surface area contributed by atoms with Crippen molar-refractivity contribution >= 4 is 22.5 Å². The topological polar surface area (TPSA) is 41.6 Å². The molecule has 0 bridgehead atoms. The number of aryl methyl sites for hydroxylation is 1. The molecule has 64 valence electrons. The second kappa shape index (κ2) is 2.75. The highest BCUT2D eigenvalue weighted by Crippen LogP contribution is 2.25. The molecule has 2 rings (SSSR count). The number of hydrogen-bond acceptors (Lipinski definition) is 2. The van der Waals surface area contributed by atoms with Gasteiger partial charge in [-0.15, -0.1) is 0 Å². The lowest BCUT2D eigenvalue weighted by atomic mass is 10.2. The van der Waals surface area contributed by atoms with Crippen LogP contribution in [0.15, 0.2) is 18.5 Å². The van der Waals surface area contributed by atoms with Gasteiger partial charge in [0.05, 0.1) is 16.5 Å². The Labute approximate surface area is 80.2 Å². The SMILES string of the molecule is Cn1cc(C#N)c2c(Cl)nccc21. The van der Waals surface area contributed by atoms with Crippen molar-refractivity contribution in [2.24, 2.45) is 7.05 Å². The zero-order valence-electron chi connectivity index (χ0n) is 6.95. The molecular weight excluding hydrogens is 186 g/mol. The van der Waals surface area contributed by atoms with E-state index in [-0.39, 0.29) is 0 Å². The number of nitriles is 1. The molecule has 0 fully saturated rings. The van der Waals surface area contributed by atoms with Crippen LogP contribution in [0.5, 0.6) is 0 Å². The third kappa shape index (κ3) is 1.07. The first-order valence-electron chi connectivity index (χ1n) is 3.73. The van der Waals surface area contributed by atoms with Crippen molar-refractivity contribution in [2.75, 3.05) is 0 Å². The van der Waals surface area contributed by atoms with Crippen LogP contribution in [-0.4, -0.2) is 9.55 Å². The molecule has 0 aliphatic carbocycles. The van der Waals surface area contributed by atoms with Gasteiger partial charge >= 0.3 is 0 Å². The molecule has 2 heterocycles. The second-order valence-electron chi connectivity index (χ2n) is 2.76. The molecule has 4 heteroatoms.